The van der Waals surface area contributed by atoms with E-state index < -0.39 is 0 Å². The standard InChI is InChI=1S/C6H8N4/c7-2-1-5-3-9-6(8)10-4-5/h1-4H,7H2,(H2,8,9,10)/b2-1+. The third-order valence-electron chi connectivity index (χ3n) is 0.980. The lowest BCUT2D eigenvalue weighted by Gasteiger charge is -1.90. The molecule has 52 valence electrons. The van der Waals surface area contributed by atoms with Crippen molar-refractivity contribution >= 4 is 12.0 Å². The van der Waals surface area contributed by atoms with E-state index in [1.54, 1.807) is 18.5 Å². The van der Waals surface area contributed by atoms with Crippen LogP contribution in [0, 0.1) is 0 Å². The van der Waals surface area contributed by atoms with Crippen molar-refractivity contribution in [2.45, 2.75) is 0 Å². The van der Waals surface area contributed by atoms with Crippen LogP contribution in [0.2, 0.25) is 0 Å². The van der Waals surface area contributed by atoms with Crippen LogP contribution in [0.3, 0.4) is 0 Å². The minimum Gasteiger partial charge on any atom is -0.405 e. The molecule has 10 heavy (non-hydrogen) atoms. The predicted molar refractivity (Wildman–Crippen MR) is 39.7 cm³/mol. The van der Waals surface area contributed by atoms with Gasteiger partial charge in [0.1, 0.15) is 0 Å². The number of nitrogens with zero attached hydrogens (tertiary/aromatic N) is 2. The van der Waals surface area contributed by atoms with E-state index in [-0.39, 0.29) is 5.95 Å². The Bertz CT molecular complexity index is 226. The summed E-state index contributed by atoms with van der Waals surface area (Å²) in [6.45, 7) is 0. The summed E-state index contributed by atoms with van der Waals surface area (Å²) in [5.41, 5.74) is 11.2. The fraction of sp³-hybridized carbons (Fsp3) is 0. The van der Waals surface area contributed by atoms with Crippen molar-refractivity contribution in [3.63, 3.8) is 0 Å². The van der Waals surface area contributed by atoms with Crippen molar-refractivity contribution in [2.24, 2.45) is 5.73 Å². The minimum absolute atomic E-state index is 0.272. The Morgan fingerprint density at radius 2 is 1.90 bits per heavy atom. The first-order valence-electron chi connectivity index (χ1n) is 2.78. The lowest BCUT2D eigenvalue weighted by molar-refractivity contribution is 1.18. The van der Waals surface area contributed by atoms with Crippen LogP contribution in [0.5, 0.6) is 0 Å². The van der Waals surface area contributed by atoms with Gasteiger partial charge >= 0.3 is 0 Å². The number of aromatic nitrogens is 2. The molecule has 1 heterocycles. The molecule has 4 nitrogen and oxygen atoms in total. The van der Waals surface area contributed by atoms with Gasteiger partial charge < -0.3 is 11.5 Å². The molecule has 0 saturated carbocycles. The first kappa shape index (κ1) is 6.54. The predicted octanol–water partition coefficient (Wildman–Crippen LogP) is -0.0118. The van der Waals surface area contributed by atoms with Crippen LogP contribution in [-0.2, 0) is 0 Å². The van der Waals surface area contributed by atoms with Gasteiger partial charge in [-0.15, -0.1) is 0 Å². The molecule has 0 aliphatic rings. The smallest absolute Gasteiger partial charge is 0.219 e. The summed E-state index contributed by atoms with van der Waals surface area (Å²) >= 11 is 0. The van der Waals surface area contributed by atoms with Crippen molar-refractivity contribution in [3.8, 4) is 0 Å². The number of nitrogen functional groups attached to an aromatic ring is 1. The molecule has 4 N–H and O–H groups in total. The fourth-order valence-corrected chi connectivity index (χ4v) is 0.545. The lowest BCUT2D eigenvalue weighted by atomic mass is 10.3. The van der Waals surface area contributed by atoms with Crippen LogP contribution < -0.4 is 11.5 Å². The zero-order chi connectivity index (χ0) is 7.40. The summed E-state index contributed by atoms with van der Waals surface area (Å²) in [5.74, 6) is 0.272. The van der Waals surface area contributed by atoms with Crippen molar-refractivity contribution in [3.05, 3.63) is 24.2 Å². The molecule has 1 aromatic rings. The highest BCUT2D eigenvalue weighted by Gasteiger charge is 1.86. The van der Waals surface area contributed by atoms with Crippen LogP contribution in [-0.4, -0.2) is 9.97 Å². The normalized spacial score (nSPS) is 10.4. The van der Waals surface area contributed by atoms with Crippen molar-refractivity contribution in [2.75, 3.05) is 5.73 Å². The first-order chi connectivity index (χ1) is 4.83. The molecule has 0 fully saturated rings. The molecule has 0 saturated heterocycles. The topological polar surface area (TPSA) is 77.8 Å². The number of nitrogens with two attached hydrogens (primary N) is 2. The summed E-state index contributed by atoms with van der Waals surface area (Å²) < 4.78 is 0. The van der Waals surface area contributed by atoms with Gasteiger partial charge in [0.2, 0.25) is 5.95 Å². The molecule has 0 unspecified atom stereocenters. The molecule has 0 aromatic carbocycles. The minimum atomic E-state index is 0.272. The van der Waals surface area contributed by atoms with Crippen LogP contribution in [0.15, 0.2) is 18.6 Å². The van der Waals surface area contributed by atoms with Gasteiger partial charge in [-0.25, -0.2) is 9.97 Å². The van der Waals surface area contributed by atoms with E-state index in [0.29, 0.717) is 0 Å². The van der Waals surface area contributed by atoms with Gasteiger partial charge in [-0.3, -0.25) is 0 Å². The highest BCUT2D eigenvalue weighted by molar-refractivity contribution is 5.46. The Balaban J connectivity index is 2.89. The number of hydrogen-bond acceptors (Lipinski definition) is 4. The molecule has 1 rings (SSSR count). The molecule has 0 atom stereocenters. The molecule has 0 spiro atoms. The lowest BCUT2D eigenvalue weighted by Crippen LogP contribution is -1.93. The van der Waals surface area contributed by atoms with Gasteiger partial charge in [0, 0.05) is 18.0 Å². The molecule has 0 bridgehead atoms. The number of hydrogen-bond donors (Lipinski definition) is 2. The second-order valence-electron chi connectivity index (χ2n) is 1.73. The Morgan fingerprint density at radius 1 is 1.30 bits per heavy atom. The van der Waals surface area contributed by atoms with E-state index in [1.807, 2.05) is 0 Å². The van der Waals surface area contributed by atoms with Crippen LogP contribution in [0.25, 0.3) is 6.08 Å². The second-order valence-corrected chi connectivity index (χ2v) is 1.73. The molecule has 0 aliphatic carbocycles. The van der Waals surface area contributed by atoms with Gasteiger partial charge in [0.25, 0.3) is 0 Å². The third-order valence-corrected chi connectivity index (χ3v) is 0.980. The number of rotatable bonds is 1. The van der Waals surface area contributed by atoms with Gasteiger partial charge in [-0.2, -0.15) is 0 Å². The SMILES string of the molecule is N/C=C/c1cnc(N)nc1. The maximum atomic E-state index is 5.25. The van der Waals surface area contributed by atoms with Crippen molar-refractivity contribution < 1.29 is 0 Å². The van der Waals surface area contributed by atoms with Crippen LogP contribution >= 0.6 is 0 Å². The largest absolute Gasteiger partial charge is 0.405 e. The molecule has 1 aromatic heterocycles. The molecular formula is C6H8N4. The van der Waals surface area contributed by atoms with E-state index in [4.69, 9.17) is 11.5 Å². The number of anilines is 1. The second kappa shape index (κ2) is 2.82. The average Bonchev–Trinajstić information content (AvgIpc) is 1.95. The van der Waals surface area contributed by atoms with E-state index in [0.717, 1.165) is 5.56 Å². The zero-order valence-electron chi connectivity index (χ0n) is 5.36. The Kier molecular flexibility index (Phi) is 1.84. The molecule has 0 aliphatic heterocycles. The van der Waals surface area contributed by atoms with E-state index in [1.165, 1.54) is 6.20 Å². The summed E-state index contributed by atoms with van der Waals surface area (Å²) in [6, 6.07) is 0. The van der Waals surface area contributed by atoms with Crippen molar-refractivity contribution in [1.82, 2.24) is 9.97 Å². The van der Waals surface area contributed by atoms with Gasteiger partial charge in [-0.1, -0.05) is 0 Å². The summed E-state index contributed by atoms with van der Waals surface area (Å²) in [7, 11) is 0. The molecule has 0 amide bonds. The van der Waals surface area contributed by atoms with Crippen molar-refractivity contribution in [1.29, 1.82) is 0 Å². The van der Waals surface area contributed by atoms with E-state index in [9.17, 15) is 0 Å². The maximum Gasteiger partial charge on any atom is 0.219 e. The van der Waals surface area contributed by atoms with Gasteiger partial charge in [0.05, 0.1) is 0 Å². The summed E-state index contributed by atoms with van der Waals surface area (Å²) in [4.78, 5) is 7.52. The fourth-order valence-electron chi connectivity index (χ4n) is 0.545. The average molecular weight is 136 g/mol. The highest BCUT2D eigenvalue weighted by Crippen LogP contribution is 1.97. The quantitative estimate of drug-likeness (QED) is 0.569. The van der Waals surface area contributed by atoms with E-state index >= 15 is 0 Å². The highest BCUT2D eigenvalue weighted by atomic mass is 15.0. The first-order valence-corrected chi connectivity index (χ1v) is 2.78. The maximum absolute atomic E-state index is 5.25. The third kappa shape index (κ3) is 1.45. The van der Waals surface area contributed by atoms with Gasteiger partial charge in [-0.05, 0) is 12.3 Å². The Morgan fingerprint density at radius 3 is 2.40 bits per heavy atom. The summed E-state index contributed by atoms with van der Waals surface area (Å²) in [5, 5.41) is 0. The van der Waals surface area contributed by atoms with Crippen LogP contribution in [0.1, 0.15) is 5.56 Å². The zero-order valence-corrected chi connectivity index (χ0v) is 5.36. The molecular weight excluding hydrogens is 128 g/mol. The van der Waals surface area contributed by atoms with Gasteiger partial charge in [0.15, 0.2) is 0 Å². The Hall–Kier alpha value is -1.58. The molecule has 4 heteroatoms. The summed E-state index contributed by atoms with van der Waals surface area (Å²) in [6.07, 6.45) is 6.33. The Labute approximate surface area is 58.6 Å². The monoisotopic (exact) mass is 136 g/mol. The molecule has 0 radical (unpaired) electrons. The van der Waals surface area contributed by atoms with Crippen LogP contribution in [0.4, 0.5) is 5.95 Å². The van der Waals surface area contributed by atoms with E-state index in [2.05, 4.69) is 9.97 Å².